The average molecular weight is 271 g/mol. The molecule has 0 amide bonds. The highest BCUT2D eigenvalue weighted by Crippen LogP contribution is 2.26. The summed E-state index contributed by atoms with van der Waals surface area (Å²) in [5.74, 6) is 0. The molecule has 2 rings (SSSR count). The predicted molar refractivity (Wildman–Crippen MR) is 63.9 cm³/mol. The molecule has 0 saturated carbocycles. The van der Waals surface area contributed by atoms with Crippen molar-refractivity contribution in [1.29, 1.82) is 0 Å². The number of aryl methyl sites for hydroxylation is 2. The second kappa shape index (κ2) is 3.52. The molecule has 0 bridgehead atoms. The Morgan fingerprint density at radius 2 is 1.86 bits per heavy atom. The van der Waals surface area contributed by atoms with Crippen LogP contribution in [-0.4, -0.2) is 4.98 Å². The first-order valence-electron chi connectivity index (χ1n) is 4.31. The Morgan fingerprint density at radius 3 is 2.57 bits per heavy atom. The van der Waals surface area contributed by atoms with Gasteiger partial charge in [-0.3, -0.25) is 0 Å². The molecule has 0 fully saturated rings. The number of nitrogens with zero attached hydrogens (tertiary/aromatic N) is 1. The molecule has 1 nitrogen and oxygen atoms in total. The second-order valence-corrected chi connectivity index (χ2v) is 4.63. The van der Waals surface area contributed by atoms with Crippen molar-refractivity contribution in [2.75, 3.05) is 0 Å². The molecule has 0 spiro atoms. The fourth-order valence-electron chi connectivity index (χ4n) is 1.58. The topological polar surface area (TPSA) is 12.9 Å². The first-order valence-corrected chi connectivity index (χ1v) is 5.48. The molecule has 0 unspecified atom stereocenters. The quantitative estimate of drug-likeness (QED) is 0.652. The van der Waals surface area contributed by atoms with Crippen LogP contribution < -0.4 is 0 Å². The van der Waals surface area contributed by atoms with Crippen molar-refractivity contribution in [3.63, 3.8) is 0 Å². The van der Waals surface area contributed by atoms with Crippen LogP contribution in [0.3, 0.4) is 0 Å². The average Bonchev–Trinajstić information content (AvgIpc) is 2.07. The molecular weight excluding hydrogens is 261 g/mol. The van der Waals surface area contributed by atoms with Crippen LogP contribution in [-0.2, 0) is 0 Å². The lowest BCUT2D eigenvalue weighted by molar-refractivity contribution is 1.29. The lowest BCUT2D eigenvalue weighted by atomic mass is 10.1. The van der Waals surface area contributed by atoms with Crippen molar-refractivity contribution >= 4 is 38.4 Å². The largest absolute Gasteiger partial charge is 0.241 e. The molecule has 1 aromatic heterocycles. The molecule has 72 valence electrons. The summed E-state index contributed by atoms with van der Waals surface area (Å²) >= 11 is 9.39. The summed E-state index contributed by atoms with van der Waals surface area (Å²) in [7, 11) is 0. The molecule has 0 atom stereocenters. The Labute approximate surface area is 96.2 Å². The molecule has 0 N–H and O–H groups in total. The molecule has 0 aliphatic heterocycles. The minimum absolute atomic E-state index is 0.766. The van der Waals surface area contributed by atoms with E-state index in [9.17, 15) is 0 Å². The summed E-state index contributed by atoms with van der Waals surface area (Å²) < 4.78 is 0.868. The third-order valence-electron chi connectivity index (χ3n) is 2.24. The molecule has 14 heavy (non-hydrogen) atoms. The Morgan fingerprint density at radius 1 is 1.14 bits per heavy atom. The van der Waals surface area contributed by atoms with Crippen molar-refractivity contribution in [3.05, 3.63) is 39.0 Å². The zero-order valence-corrected chi connectivity index (χ0v) is 10.3. The van der Waals surface area contributed by atoms with Gasteiger partial charge in [-0.1, -0.05) is 11.6 Å². The van der Waals surface area contributed by atoms with Crippen LogP contribution in [0.2, 0.25) is 5.02 Å². The minimum Gasteiger partial charge on any atom is -0.241 e. The van der Waals surface area contributed by atoms with Gasteiger partial charge >= 0.3 is 0 Å². The van der Waals surface area contributed by atoms with E-state index in [1.54, 1.807) is 0 Å². The Balaban J connectivity index is 2.94. The monoisotopic (exact) mass is 269 g/mol. The molecule has 2 aromatic rings. The lowest BCUT2D eigenvalue weighted by Gasteiger charge is -2.06. The highest BCUT2D eigenvalue weighted by molar-refractivity contribution is 9.10. The van der Waals surface area contributed by atoms with Crippen LogP contribution in [0.5, 0.6) is 0 Å². The third-order valence-corrected chi connectivity index (χ3v) is 2.87. The number of rotatable bonds is 0. The number of hydrogen-bond acceptors (Lipinski definition) is 1. The maximum Gasteiger partial charge on any atom is 0.107 e. The van der Waals surface area contributed by atoms with Crippen LogP contribution in [0.25, 0.3) is 10.9 Å². The maximum atomic E-state index is 6.00. The molecular formula is C11H9BrClN. The van der Waals surface area contributed by atoms with Crippen LogP contribution in [0, 0.1) is 13.8 Å². The van der Waals surface area contributed by atoms with E-state index in [-0.39, 0.29) is 0 Å². The van der Waals surface area contributed by atoms with Gasteiger partial charge in [0, 0.05) is 10.4 Å². The van der Waals surface area contributed by atoms with Crippen molar-refractivity contribution in [2.45, 2.75) is 13.8 Å². The molecule has 0 aliphatic rings. The van der Waals surface area contributed by atoms with Gasteiger partial charge in [-0.25, -0.2) is 4.98 Å². The fourth-order valence-corrected chi connectivity index (χ4v) is 2.37. The first-order chi connectivity index (χ1) is 6.58. The number of halogens is 2. The van der Waals surface area contributed by atoms with Crippen molar-refractivity contribution in [1.82, 2.24) is 4.98 Å². The Kier molecular flexibility index (Phi) is 2.50. The van der Waals surface area contributed by atoms with Gasteiger partial charge in [0.15, 0.2) is 0 Å². The SMILES string of the molecule is Cc1cc(Br)nc2c(C)cc(Cl)cc12. The normalized spacial score (nSPS) is 10.9. The van der Waals surface area contributed by atoms with Gasteiger partial charge in [0.25, 0.3) is 0 Å². The van der Waals surface area contributed by atoms with Gasteiger partial charge in [0.1, 0.15) is 4.60 Å². The molecule has 0 aliphatic carbocycles. The summed E-state index contributed by atoms with van der Waals surface area (Å²) in [6, 6.07) is 5.89. The van der Waals surface area contributed by atoms with Crippen molar-refractivity contribution < 1.29 is 0 Å². The number of aromatic nitrogens is 1. The van der Waals surface area contributed by atoms with Gasteiger partial charge in [0.2, 0.25) is 0 Å². The van der Waals surface area contributed by atoms with Crippen LogP contribution in [0.15, 0.2) is 22.8 Å². The molecule has 0 saturated heterocycles. The predicted octanol–water partition coefficient (Wildman–Crippen LogP) is 4.27. The Bertz CT molecular complexity index is 461. The molecule has 3 heteroatoms. The van der Waals surface area contributed by atoms with Gasteiger partial charge in [-0.2, -0.15) is 0 Å². The maximum absolute atomic E-state index is 6.00. The van der Waals surface area contributed by atoms with Crippen molar-refractivity contribution in [2.24, 2.45) is 0 Å². The summed E-state index contributed by atoms with van der Waals surface area (Å²) in [5.41, 5.74) is 3.31. The van der Waals surface area contributed by atoms with E-state index >= 15 is 0 Å². The number of benzene rings is 1. The smallest absolute Gasteiger partial charge is 0.107 e. The van der Waals surface area contributed by atoms with E-state index in [1.807, 2.05) is 25.1 Å². The highest BCUT2D eigenvalue weighted by atomic mass is 79.9. The summed E-state index contributed by atoms with van der Waals surface area (Å²) in [6.45, 7) is 4.08. The van der Waals surface area contributed by atoms with Gasteiger partial charge in [-0.15, -0.1) is 0 Å². The Hall–Kier alpha value is -0.600. The van der Waals surface area contributed by atoms with E-state index in [0.29, 0.717) is 0 Å². The second-order valence-electron chi connectivity index (χ2n) is 3.38. The zero-order chi connectivity index (χ0) is 10.3. The minimum atomic E-state index is 0.766. The van der Waals surface area contributed by atoms with E-state index in [2.05, 4.69) is 27.8 Å². The van der Waals surface area contributed by atoms with E-state index in [4.69, 9.17) is 11.6 Å². The first kappa shape index (κ1) is 9.94. The van der Waals surface area contributed by atoms with Crippen LogP contribution in [0.4, 0.5) is 0 Å². The number of fused-ring (bicyclic) bond motifs is 1. The number of pyridine rings is 1. The summed E-state index contributed by atoms with van der Waals surface area (Å²) in [6.07, 6.45) is 0. The van der Waals surface area contributed by atoms with Crippen LogP contribution >= 0.6 is 27.5 Å². The molecule has 1 heterocycles. The standard InChI is InChI=1S/C11H9BrClN/c1-6-4-10(12)14-11-7(2)3-8(13)5-9(6)11/h3-5H,1-2H3. The highest BCUT2D eigenvalue weighted by Gasteiger charge is 2.05. The third kappa shape index (κ3) is 1.64. The van der Waals surface area contributed by atoms with E-state index in [0.717, 1.165) is 26.1 Å². The zero-order valence-electron chi connectivity index (χ0n) is 7.94. The van der Waals surface area contributed by atoms with E-state index < -0.39 is 0 Å². The van der Waals surface area contributed by atoms with Gasteiger partial charge in [-0.05, 0) is 59.1 Å². The van der Waals surface area contributed by atoms with Crippen LogP contribution in [0.1, 0.15) is 11.1 Å². The molecule has 0 radical (unpaired) electrons. The summed E-state index contributed by atoms with van der Waals surface area (Å²) in [5, 5.41) is 1.89. The van der Waals surface area contributed by atoms with E-state index in [1.165, 1.54) is 5.56 Å². The van der Waals surface area contributed by atoms with Gasteiger partial charge in [0.05, 0.1) is 5.52 Å². The lowest BCUT2D eigenvalue weighted by Crippen LogP contribution is -1.88. The summed E-state index contributed by atoms with van der Waals surface area (Å²) in [4.78, 5) is 4.44. The molecule has 1 aromatic carbocycles. The number of hydrogen-bond donors (Lipinski definition) is 0. The van der Waals surface area contributed by atoms with Crippen molar-refractivity contribution in [3.8, 4) is 0 Å². The van der Waals surface area contributed by atoms with Gasteiger partial charge < -0.3 is 0 Å². The fraction of sp³-hybridized carbons (Fsp3) is 0.182.